The largest absolute Gasteiger partial charge is 0.378 e. The molecule has 6 nitrogen and oxygen atoms in total. The lowest BCUT2D eigenvalue weighted by Crippen LogP contribution is -2.24. The summed E-state index contributed by atoms with van der Waals surface area (Å²) in [5.41, 5.74) is 5.09. The number of para-hydroxylation sites is 1. The van der Waals surface area contributed by atoms with E-state index in [0.29, 0.717) is 12.1 Å². The van der Waals surface area contributed by atoms with E-state index >= 15 is 0 Å². The normalized spacial score (nSPS) is 10.7. The fourth-order valence-electron chi connectivity index (χ4n) is 3.16. The molecule has 0 aliphatic rings. The maximum absolute atomic E-state index is 12.8. The van der Waals surface area contributed by atoms with Crippen molar-refractivity contribution in [1.82, 2.24) is 19.5 Å². The lowest BCUT2D eigenvalue weighted by Gasteiger charge is -2.07. The van der Waals surface area contributed by atoms with Crippen molar-refractivity contribution in [2.24, 2.45) is 0 Å². The standard InChI is InChI=1S/C22H21N5OS/c1-15-19(22(23-2)29-26-15)21(28)24-13-17-14-27(18-11-7-4-8-12-18)25-20(17)16-9-5-3-6-10-16/h3-12,14,23H,13H2,1-2H3,(H,24,28). The predicted octanol–water partition coefficient (Wildman–Crippen LogP) is 4.28. The van der Waals surface area contributed by atoms with Gasteiger partial charge in [-0.15, -0.1) is 0 Å². The van der Waals surface area contributed by atoms with E-state index in [1.165, 1.54) is 11.5 Å². The number of hydrogen-bond donors (Lipinski definition) is 2. The minimum Gasteiger partial charge on any atom is -0.378 e. The Labute approximate surface area is 173 Å². The number of nitrogens with one attached hydrogen (secondary N) is 2. The number of aryl methyl sites for hydroxylation is 1. The molecule has 0 saturated carbocycles. The van der Waals surface area contributed by atoms with Gasteiger partial charge in [-0.05, 0) is 30.6 Å². The molecule has 0 radical (unpaired) electrons. The second-order valence-corrected chi connectivity index (χ2v) is 7.33. The Morgan fingerprint density at radius 3 is 2.45 bits per heavy atom. The Morgan fingerprint density at radius 1 is 1.07 bits per heavy atom. The maximum atomic E-state index is 12.8. The minimum absolute atomic E-state index is 0.146. The Hall–Kier alpha value is -3.45. The van der Waals surface area contributed by atoms with Crippen molar-refractivity contribution in [3.8, 4) is 16.9 Å². The van der Waals surface area contributed by atoms with Crippen molar-refractivity contribution in [2.45, 2.75) is 13.5 Å². The Balaban J connectivity index is 1.65. The highest BCUT2D eigenvalue weighted by Gasteiger charge is 2.19. The molecule has 2 heterocycles. The van der Waals surface area contributed by atoms with Crippen molar-refractivity contribution in [3.05, 3.63) is 83.7 Å². The van der Waals surface area contributed by atoms with Gasteiger partial charge in [0, 0.05) is 30.9 Å². The van der Waals surface area contributed by atoms with Gasteiger partial charge in [-0.25, -0.2) is 4.68 Å². The van der Waals surface area contributed by atoms with Gasteiger partial charge in [-0.1, -0.05) is 48.5 Å². The van der Waals surface area contributed by atoms with Crippen molar-refractivity contribution in [2.75, 3.05) is 12.4 Å². The topological polar surface area (TPSA) is 71.8 Å². The lowest BCUT2D eigenvalue weighted by atomic mass is 10.1. The number of anilines is 1. The molecule has 2 aromatic carbocycles. The molecular weight excluding hydrogens is 382 g/mol. The summed E-state index contributed by atoms with van der Waals surface area (Å²) in [6.07, 6.45) is 1.97. The molecule has 0 aliphatic carbocycles. The van der Waals surface area contributed by atoms with Crippen LogP contribution in [0.4, 0.5) is 5.00 Å². The van der Waals surface area contributed by atoms with Gasteiger partial charge < -0.3 is 10.6 Å². The zero-order chi connectivity index (χ0) is 20.2. The summed E-state index contributed by atoms with van der Waals surface area (Å²) in [7, 11) is 1.79. The molecule has 0 aliphatic heterocycles. The SMILES string of the molecule is CNc1snc(C)c1C(=O)NCc1cn(-c2ccccc2)nc1-c1ccccc1. The smallest absolute Gasteiger partial charge is 0.256 e. The van der Waals surface area contributed by atoms with E-state index in [2.05, 4.69) is 15.0 Å². The van der Waals surface area contributed by atoms with Crippen LogP contribution in [0.5, 0.6) is 0 Å². The number of benzene rings is 2. The number of rotatable bonds is 6. The molecule has 1 amide bonds. The molecule has 4 rings (SSSR count). The van der Waals surface area contributed by atoms with Gasteiger partial charge in [0.2, 0.25) is 0 Å². The fourth-order valence-corrected chi connectivity index (χ4v) is 3.91. The number of hydrogen-bond acceptors (Lipinski definition) is 5. The highest BCUT2D eigenvalue weighted by atomic mass is 32.1. The van der Waals surface area contributed by atoms with Crippen LogP contribution in [0.1, 0.15) is 21.6 Å². The molecule has 146 valence electrons. The van der Waals surface area contributed by atoms with Crippen LogP contribution in [0.25, 0.3) is 16.9 Å². The lowest BCUT2D eigenvalue weighted by molar-refractivity contribution is 0.0951. The highest BCUT2D eigenvalue weighted by molar-refractivity contribution is 7.10. The van der Waals surface area contributed by atoms with E-state index < -0.39 is 0 Å². The third-order valence-electron chi connectivity index (χ3n) is 4.61. The molecule has 0 atom stereocenters. The van der Waals surface area contributed by atoms with E-state index in [0.717, 1.165) is 33.2 Å². The first-order valence-corrected chi connectivity index (χ1v) is 10.1. The molecule has 2 N–H and O–H groups in total. The van der Waals surface area contributed by atoms with Crippen LogP contribution in [0, 0.1) is 6.92 Å². The van der Waals surface area contributed by atoms with E-state index in [1.54, 1.807) is 7.05 Å². The van der Waals surface area contributed by atoms with Crippen LogP contribution in [-0.2, 0) is 6.54 Å². The van der Waals surface area contributed by atoms with E-state index in [4.69, 9.17) is 5.10 Å². The van der Waals surface area contributed by atoms with Gasteiger partial charge in [0.25, 0.3) is 5.91 Å². The van der Waals surface area contributed by atoms with Gasteiger partial charge >= 0.3 is 0 Å². The third-order valence-corrected chi connectivity index (χ3v) is 5.57. The quantitative estimate of drug-likeness (QED) is 0.504. The number of nitrogens with zero attached hydrogens (tertiary/aromatic N) is 3. The molecule has 4 aromatic rings. The number of aromatic nitrogens is 3. The van der Waals surface area contributed by atoms with Crippen molar-refractivity contribution >= 4 is 22.4 Å². The molecule has 7 heteroatoms. The van der Waals surface area contributed by atoms with Crippen molar-refractivity contribution in [3.63, 3.8) is 0 Å². The first-order valence-electron chi connectivity index (χ1n) is 9.29. The summed E-state index contributed by atoms with van der Waals surface area (Å²) in [5, 5.41) is 11.6. The summed E-state index contributed by atoms with van der Waals surface area (Å²) in [6.45, 7) is 2.21. The van der Waals surface area contributed by atoms with Gasteiger partial charge in [0.15, 0.2) is 0 Å². The van der Waals surface area contributed by atoms with Crippen LogP contribution in [0.3, 0.4) is 0 Å². The van der Waals surface area contributed by atoms with Crippen LogP contribution in [0.15, 0.2) is 66.9 Å². The highest BCUT2D eigenvalue weighted by Crippen LogP contribution is 2.26. The molecule has 0 bridgehead atoms. The van der Waals surface area contributed by atoms with Crippen molar-refractivity contribution in [1.29, 1.82) is 0 Å². The van der Waals surface area contributed by atoms with Crippen LogP contribution in [0.2, 0.25) is 0 Å². The number of carbonyl (C=O) groups excluding carboxylic acids is 1. The summed E-state index contributed by atoms with van der Waals surface area (Å²) < 4.78 is 6.12. The van der Waals surface area contributed by atoms with Gasteiger partial charge in [-0.2, -0.15) is 9.47 Å². The monoisotopic (exact) mass is 403 g/mol. The van der Waals surface area contributed by atoms with E-state index in [-0.39, 0.29) is 5.91 Å². The summed E-state index contributed by atoms with van der Waals surface area (Å²) in [6, 6.07) is 19.9. The second-order valence-electron chi connectivity index (χ2n) is 6.55. The Kier molecular flexibility index (Phi) is 5.39. The minimum atomic E-state index is -0.146. The molecule has 0 spiro atoms. The molecule has 0 saturated heterocycles. The molecular formula is C22H21N5OS. The van der Waals surface area contributed by atoms with Crippen LogP contribution in [-0.4, -0.2) is 27.1 Å². The summed E-state index contributed by atoms with van der Waals surface area (Å²) >= 11 is 1.29. The fraction of sp³-hybridized carbons (Fsp3) is 0.136. The Bertz CT molecular complexity index is 1120. The number of amides is 1. The molecule has 0 unspecified atom stereocenters. The predicted molar refractivity (Wildman–Crippen MR) is 117 cm³/mol. The second kappa shape index (κ2) is 8.28. The van der Waals surface area contributed by atoms with E-state index in [1.807, 2.05) is 78.5 Å². The Morgan fingerprint density at radius 2 is 1.76 bits per heavy atom. The van der Waals surface area contributed by atoms with Gasteiger partial charge in [-0.3, -0.25) is 4.79 Å². The van der Waals surface area contributed by atoms with Gasteiger partial charge in [0.05, 0.1) is 22.6 Å². The number of carbonyl (C=O) groups is 1. The third kappa shape index (κ3) is 3.90. The van der Waals surface area contributed by atoms with Crippen LogP contribution >= 0.6 is 11.5 Å². The van der Waals surface area contributed by atoms with Gasteiger partial charge in [0.1, 0.15) is 5.00 Å². The van der Waals surface area contributed by atoms with E-state index in [9.17, 15) is 4.79 Å². The van der Waals surface area contributed by atoms with Crippen LogP contribution < -0.4 is 10.6 Å². The summed E-state index contributed by atoms with van der Waals surface area (Å²) in [5.74, 6) is -0.146. The average molecular weight is 404 g/mol. The zero-order valence-electron chi connectivity index (χ0n) is 16.2. The molecule has 0 fully saturated rings. The first kappa shape index (κ1) is 18.9. The molecule has 29 heavy (non-hydrogen) atoms. The zero-order valence-corrected chi connectivity index (χ0v) is 17.0. The summed E-state index contributed by atoms with van der Waals surface area (Å²) in [4.78, 5) is 12.8. The maximum Gasteiger partial charge on any atom is 0.256 e. The first-order chi connectivity index (χ1) is 14.2. The average Bonchev–Trinajstić information content (AvgIpc) is 3.37. The molecule has 2 aromatic heterocycles. The van der Waals surface area contributed by atoms with Crippen molar-refractivity contribution < 1.29 is 4.79 Å².